The van der Waals surface area contributed by atoms with Crippen LogP contribution in [0.4, 0.5) is 19.6 Å². The number of halogens is 2. The van der Waals surface area contributed by atoms with Gasteiger partial charge >= 0.3 is 6.01 Å². The number of hydrogen-bond acceptors (Lipinski definition) is 11. The molecule has 0 spiro atoms. The molecule has 0 saturated carbocycles. The number of nitriles is 1. The summed E-state index contributed by atoms with van der Waals surface area (Å²) in [5.41, 5.74) is 7.63. The van der Waals surface area contributed by atoms with Gasteiger partial charge in [-0.2, -0.15) is 15.2 Å². The summed E-state index contributed by atoms with van der Waals surface area (Å²) in [5.74, 6) is -0.734. The lowest BCUT2D eigenvalue weighted by Crippen LogP contribution is -2.68. The second kappa shape index (κ2) is 10.5. The highest BCUT2D eigenvalue weighted by Gasteiger charge is 2.46. The Bertz CT molecular complexity index is 1870. The van der Waals surface area contributed by atoms with Gasteiger partial charge in [0.05, 0.1) is 30.8 Å². The number of anilines is 2. The number of likely N-dealkylation sites (N-methyl/N-ethyl adjacent to an activating group) is 2. The lowest BCUT2D eigenvalue weighted by molar-refractivity contribution is -0.0416. The third-order valence-corrected chi connectivity index (χ3v) is 10.3. The second-order valence-corrected chi connectivity index (χ2v) is 13.3. The van der Waals surface area contributed by atoms with Crippen molar-refractivity contribution in [1.29, 1.82) is 5.26 Å². The smallest absolute Gasteiger partial charge is 0.319 e. The number of piperazine rings is 1. The maximum atomic E-state index is 17.2. The molecule has 2 bridgehead atoms. The first kappa shape index (κ1) is 27.8. The van der Waals surface area contributed by atoms with Crippen LogP contribution < -0.4 is 15.4 Å². The molecular weight excluding hydrogens is 588 g/mol. The molecular formula is C31H31F2N7O3S. The van der Waals surface area contributed by atoms with E-state index < -0.39 is 11.6 Å². The molecule has 0 radical (unpaired) electrons. The SMILES string of the molecule is CN1CC2CC(C1)N2c1nc(OC[C@H]2CN(C)CCO2)nc2c(F)c(-c3c(F)ccc4sc(N)c(C#N)c34)c3c(c12)COC3. The van der Waals surface area contributed by atoms with Gasteiger partial charge in [0.1, 0.15) is 40.9 Å². The molecule has 2 aromatic heterocycles. The summed E-state index contributed by atoms with van der Waals surface area (Å²) in [4.78, 5) is 16.3. The Kier molecular flexibility index (Phi) is 6.62. The van der Waals surface area contributed by atoms with Crippen LogP contribution in [0.3, 0.4) is 0 Å². The van der Waals surface area contributed by atoms with Crippen molar-refractivity contribution in [2.75, 3.05) is 64.1 Å². The Balaban J connectivity index is 1.35. The summed E-state index contributed by atoms with van der Waals surface area (Å²) in [6.07, 6.45) is 0.847. The number of nitrogen functional groups attached to an aromatic ring is 1. The molecule has 44 heavy (non-hydrogen) atoms. The first-order valence-electron chi connectivity index (χ1n) is 14.8. The van der Waals surface area contributed by atoms with Gasteiger partial charge in [-0.15, -0.1) is 11.3 Å². The Labute approximate surface area is 256 Å². The van der Waals surface area contributed by atoms with Crippen molar-refractivity contribution in [3.8, 4) is 23.2 Å². The molecule has 10 nitrogen and oxygen atoms in total. The van der Waals surface area contributed by atoms with Crippen LogP contribution in [0.25, 0.3) is 32.1 Å². The van der Waals surface area contributed by atoms with Gasteiger partial charge in [-0.25, -0.2) is 8.78 Å². The summed E-state index contributed by atoms with van der Waals surface area (Å²) >= 11 is 1.18. The molecule has 13 heteroatoms. The fourth-order valence-corrected chi connectivity index (χ4v) is 8.27. The minimum Gasteiger partial charge on any atom is -0.461 e. The third kappa shape index (κ3) is 4.23. The van der Waals surface area contributed by atoms with E-state index in [-0.39, 0.29) is 71.2 Å². The van der Waals surface area contributed by atoms with E-state index in [2.05, 4.69) is 32.8 Å². The molecule has 2 N–H and O–H groups in total. The molecule has 4 fully saturated rings. The Morgan fingerprint density at radius 2 is 1.86 bits per heavy atom. The second-order valence-electron chi connectivity index (χ2n) is 12.2. The third-order valence-electron chi connectivity index (χ3n) is 9.31. The number of morpholine rings is 1. The number of aromatic nitrogens is 2. The molecule has 5 aliphatic rings. The zero-order valence-corrected chi connectivity index (χ0v) is 25.2. The molecule has 228 valence electrons. The molecule has 7 heterocycles. The highest BCUT2D eigenvalue weighted by atomic mass is 32.1. The average molecular weight is 620 g/mol. The molecule has 5 aliphatic heterocycles. The first-order chi connectivity index (χ1) is 21.3. The highest BCUT2D eigenvalue weighted by Crippen LogP contribution is 2.49. The van der Waals surface area contributed by atoms with Crippen LogP contribution in [0.15, 0.2) is 12.1 Å². The van der Waals surface area contributed by atoms with Crippen LogP contribution in [0.2, 0.25) is 0 Å². The van der Waals surface area contributed by atoms with Crippen molar-refractivity contribution < 1.29 is 23.0 Å². The van der Waals surface area contributed by atoms with Crippen molar-refractivity contribution in [1.82, 2.24) is 19.8 Å². The van der Waals surface area contributed by atoms with Gasteiger partial charge in [0.15, 0.2) is 5.82 Å². The monoisotopic (exact) mass is 619 g/mol. The Hall–Kier alpha value is -3.67. The normalized spacial score (nSPS) is 23.6. The summed E-state index contributed by atoms with van der Waals surface area (Å²) in [7, 11) is 4.13. The molecule has 2 aromatic carbocycles. The minimum absolute atomic E-state index is 0.00290. The van der Waals surface area contributed by atoms with E-state index in [1.54, 1.807) is 6.07 Å². The average Bonchev–Trinajstić information content (AvgIpc) is 3.60. The van der Waals surface area contributed by atoms with Crippen LogP contribution in [0.5, 0.6) is 6.01 Å². The van der Waals surface area contributed by atoms with Gasteiger partial charge in [0.25, 0.3) is 0 Å². The van der Waals surface area contributed by atoms with Crippen LogP contribution in [-0.2, 0) is 22.7 Å². The van der Waals surface area contributed by atoms with Gasteiger partial charge < -0.3 is 34.6 Å². The van der Waals surface area contributed by atoms with Crippen LogP contribution in [0.1, 0.15) is 23.1 Å². The van der Waals surface area contributed by atoms with E-state index in [4.69, 9.17) is 24.9 Å². The van der Waals surface area contributed by atoms with E-state index in [0.29, 0.717) is 40.0 Å². The number of benzene rings is 2. The molecule has 9 rings (SSSR count). The van der Waals surface area contributed by atoms with E-state index in [9.17, 15) is 5.26 Å². The number of fused-ring (bicyclic) bond motifs is 6. The topological polar surface area (TPSA) is 113 Å². The summed E-state index contributed by atoms with van der Waals surface area (Å²) in [6.45, 7) is 4.36. The van der Waals surface area contributed by atoms with Gasteiger partial charge in [-0.3, -0.25) is 0 Å². The lowest BCUT2D eigenvalue weighted by atomic mass is 9.86. The van der Waals surface area contributed by atoms with Crippen LogP contribution >= 0.6 is 11.3 Å². The predicted molar refractivity (Wildman–Crippen MR) is 163 cm³/mol. The van der Waals surface area contributed by atoms with Crippen LogP contribution in [-0.4, -0.2) is 91.4 Å². The molecule has 4 saturated heterocycles. The quantitative estimate of drug-likeness (QED) is 0.353. The minimum atomic E-state index is -0.700. The van der Waals surface area contributed by atoms with E-state index in [1.165, 1.54) is 17.4 Å². The van der Waals surface area contributed by atoms with Crippen LogP contribution in [0, 0.1) is 23.0 Å². The van der Waals surface area contributed by atoms with Crippen molar-refractivity contribution in [2.24, 2.45) is 0 Å². The van der Waals surface area contributed by atoms with Crippen molar-refractivity contribution in [2.45, 2.75) is 37.8 Å². The molecule has 4 aromatic rings. The maximum absolute atomic E-state index is 17.2. The lowest BCUT2D eigenvalue weighted by Gasteiger charge is -2.56. The van der Waals surface area contributed by atoms with Crippen molar-refractivity contribution in [3.63, 3.8) is 0 Å². The van der Waals surface area contributed by atoms with Crippen molar-refractivity contribution in [3.05, 3.63) is 40.5 Å². The summed E-state index contributed by atoms with van der Waals surface area (Å²) < 4.78 is 51.5. The largest absolute Gasteiger partial charge is 0.461 e. The predicted octanol–water partition coefficient (Wildman–Crippen LogP) is 3.88. The standard InChI is InChI=1S/C31H31F2N7O3S/c1-38-5-6-42-17(11-38)12-43-31-36-28-25(30(37-31)40-15-7-16(40)10-39(2)9-15)20-14-41-13-19(20)24(27(28)33)26-21(32)3-4-22-23(26)18(8-34)29(35)44-22/h3-4,15-17H,5-7,9-14,35H2,1-2H3/t15?,16?,17-/m1/s1. The number of thiophene rings is 1. The molecule has 0 aliphatic carbocycles. The molecule has 2 unspecified atom stereocenters. The number of rotatable bonds is 5. The fraction of sp³-hybridized carbons (Fsp3) is 0.452. The van der Waals surface area contributed by atoms with E-state index in [1.807, 2.05) is 7.05 Å². The summed E-state index contributed by atoms with van der Waals surface area (Å²) in [5, 5.41) is 11.0. The molecule has 0 amide bonds. The first-order valence-corrected chi connectivity index (χ1v) is 15.6. The van der Waals surface area contributed by atoms with Gasteiger partial charge in [0, 0.05) is 59.5 Å². The number of hydrogen-bond donors (Lipinski definition) is 1. The number of nitrogens with two attached hydrogens (primary N) is 1. The number of nitrogens with zero attached hydrogens (tertiary/aromatic N) is 6. The van der Waals surface area contributed by atoms with Crippen molar-refractivity contribution >= 4 is 43.1 Å². The van der Waals surface area contributed by atoms with E-state index >= 15 is 8.78 Å². The van der Waals surface area contributed by atoms with Gasteiger partial charge in [0.2, 0.25) is 0 Å². The zero-order valence-electron chi connectivity index (χ0n) is 24.4. The fourth-order valence-electron chi connectivity index (χ4n) is 7.34. The number of piperidine rings is 1. The highest BCUT2D eigenvalue weighted by molar-refractivity contribution is 7.23. The Morgan fingerprint density at radius 3 is 2.64 bits per heavy atom. The van der Waals surface area contributed by atoms with E-state index in [0.717, 1.165) is 31.6 Å². The zero-order chi connectivity index (χ0) is 30.3. The Morgan fingerprint density at radius 1 is 1.07 bits per heavy atom. The summed E-state index contributed by atoms with van der Waals surface area (Å²) in [6, 6.07) is 5.45. The molecule has 3 atom stereocenters. The van der Waals surface area contributed by atoms with Gasteiger partial charge in [-0.05, 0) is 43.8 Å². The number of ether oxygens (including phenoxy) is 3. The maximum Gasteiger partial charge on any atom is 0.319 e. The van der Waals surface area contributed by atoms with Gasteiger partial charge in [-0.1, -0.05) is 0 Å².